The van der Waals surface area contributed by atoms with Crippen molar-refractivity contribution in [3.8, 4) is 0 Å². The highest BCUT2D eigenvalue weighted by Gasteiger charge is 2.17. The van der Waals surface area contributed by atoms with E-state index < -0.39 is 0 Å². The van der Waals surface area contributed by atoms with Crippen molar-refractivity contribution in [1.29, 1.82) is 0 Å². The van der Waals surface area contributed by atoms with Crippen LogP contribution in [0.2, 0.25) is 0 Å². The van der Waals surface area contributed by atoms with E-state index in [1.165, 1.54) is 0 Å². The Kier molecular flexibility index (Phi) is 6.38. The van der Waals surface area contributed by atoms with Gasteiger partial charge in [0, 0.05) is 37.1 Å². The average molecular weight is 479 g/mol. The molecule has 5 aromatic rings. The zero-order valence-electron chi connectivity index (χ0n) is 18.0. The smallest absolute Gasteiger partial charge is 0.262 e. The van der Waals surface area contributed by atoms with Crippen LogP contribution in [-0.4, -0.2) is 37.9 Å². The molecule has 0 aliphatic carbocycles. The van der Waals surface area contributed by atoms with Gasteiger partial charge in [0.15, 0.2) is 10.3 Å². The summed E-state index contributed by atoms with van der Waals surface area (Å²) in [6, 6.07) is 17.6. The molecule has 3 heterocycles. The lowest BCUT2D eigenvalue weighted by Gasteiger charge is -2.11. The second kappa shape index (κ2) is 9.74. The second-order valence-corrected chi connectivity index (χ2v) is 9.16. The fourth-order valence-electron chi connectivity index (χ4n) is 3.61. The molecular formula is C23H22N6O2S2. The number of nitrogens with zero attached hydrogens (tertiary/aromatic N) is 5. The number of ether oxygens (including phenoxy) is 1. The van der Waals surface area contributed by atoms with E-state index in [9.17, 15) is 4.79 Å². The molecule has 0 aliphatic heterocycles. The van der Waals surface area contributed by atoms with Crippen LogP contribution in [0.1, 0.15) is 12.1 Å². The predicted octanol–water partition coefficient (Wildman–Crippen LogP) is 4.57. The van der Waals surface area contributed by atoms with Gasteiger partial charge in [-0.3, -0.25) is 13.8 Å². The Labute approximate surface area is 198 Å². The highest BCUT2D eigenvalue weighted by molar-refractivity contribution is 7.98. The molecule has 5 rings (SSSR count). The number of aromatic nitrogens is 5. The van der Waals surface area contributed by atoms with Crippen LogP contribution in [0.5, 0.6) is 0 Å². The number of fused-ring (bicyclic) bond motifs is 3. The molecule has 0 radical (unpaired) electrons. The number of thioether (sulfide) groups is 1. The van der Waals surface area contributed by atoms with E-state index in [-0.39, 0.29) is 5.56 Å². The summed E-state index contributed by atoms with van der Waals surface area (Å²) in [5, 5.41) is 16.4. The van der Waals surface area contributed by atoms with E-state index in [4.69, 9.17) is 4.74 Å². The normalized spacial score (nSPS) is 11.4. The number of para-hydroxylation sites is 2. The first kappa shape index (κ1) is 21.6. The maximum atomic E-state index is 13.1. The van der Waals surface area contributed by atoms with Gasteiger partial charge in [0.2, 0.25) is 5.78 Å². The van der Waals surface area contributed by atoms with Crippen molar-refractivity contribution in [2.45, 2.75) is 23.9 Å². The van der Waals surface area contributed by atoms with Crippen LogP contribution < -0.4 is 10.9 Å². The Morgan fingerprint density at radius 1 is 1.09 bits per heavy atom. The maximum absolute atomic E-state index is 13.1. The van der Waals surface area contributed by atoms with Crippen LogP contribution in [0, 0.1) is 0 Å². The number of hydrogen-bond donors (Lipinski definition) is 1. The van der Waals surface area contributed by atoms with E-state index in [1.54, 1.807) is 34.8 Å². The number of nitrogens with one attached hydrogen (secondary N) is 1. The van der Waals surface area contributed by atoms with E-state index >= 15 is 0 Å². The minimum atomic E-state index is -0.0608. The SMILES string of the molecule is COCCCn1c(=O)c2ccccc2n2c(SCc3csc(Nc4ccccc4)n3)nnc12. The number of benzene rings is 2. The third-order valence-electron chi connectivity index (χ3n) is 5.13. The van der Waals surface area contributed by atoms with E-state index in [2.05, 4.69) is 20.5 Å². The topological polar surface area (TPSA) is 86.3 Å². The standard InChI is InChI=1S/C23H22N6O2S2/c1-31-13-7-12-28-20(30)18-10-5-6-11-19(18)29-22(28)26-27-23(29)33-15-17-14-32-21(25-17)24-16-8-3-2-4-9-16/h2-6,8-11,14H,7,12-13,15H2,1H3,(H,24,25). The summed E-state index contributed by atoms with van der Waals surface area (Å²) in [6.45, 7) is 1.09. The molecule has 0 bridgehead atoms. The lowest BCUT2D eigenvalue weighted by Crippen LogP contribution is -2.24. The Morgan fingerprint density at radius 2 is 1.91 bits per heavy atom. The zero-order valence-corrected chi connectivity index (χ0v) is 19.6. The molecule has 168 valence electrons. The summed E-state index contributed by atoms with van der Waals surface area (Å²) < 4.78 is 8.81. The minimum absolute atomic E-state index is 0.0608. The van der Waals surface area contributed by atoms with Gasteiger partial charge in [0.25, 0.3) is 5.56 Å². The van der Waals surface area contributed by atoms with E-state index in [0.29, 0.717) is 30.1 Å². The third-order valence-corrected chi connectivity index (χ3v) is 6.90. The molecule has 0 atom stereocenters. The molecular weight excluding hydrogens is 456 g/mol. The van der Waals surface area contributed by atoms with Crippen molar-refractivity contribution in [1.82, 2.24) is 24.1 Å². The quantitative estimate of drug-likeness (QED) is 0.245. The first-order chi connectivity index (χ1) is 16.2. The number of aryl methyl sites for hydroxylation is 1. The van der Waals surface area contributed by atoms with Crippen LogP contribution in [0.15, 0.2) is 69.9 Å². The molecule has 3 aromatic heterocycles. The van der Waals surface area contributed by atoms with E-state index in [0.717, 1.165) is 33.6 Å². The lowest BCUT2D eigenvalue weighted by molar-refractivity contribution is 0.190. The zero-order chi connectivity index (χ0) is 22.6. The molecule has 0 aliphatic rings. The van der Waals surface area contributed by atoms with Gasteiger partial charge in [0.05, 0.1) is 16.6 Å². The number of hydrogen-bond acceptors (Lipinski definition) is 8. The van der Waals surface area contributed by atoms with E-state index in [1.807, 2.05) is 64.4 Å². The van der Waals surface area contributed by atoms with Crippen LogP contribution >= 0.6 is 23.1 Å². The maximum Gasteiger partial charge on any atom is 0.262 e. The molecule has 33 heavy (non-hydrogen) atoms. The summed E-state index contributed by atoms with van der Waals surface area (Å²) in [7, 11) is 1.66. The van der Waals surface area contributed by atoms with Gasteiger partial charge in [-0.2, -0.15) is 0 Å². The summed E-state index contributed by atoms with van der Waals surface area (Å²) in [5.41, 5.74) is 2.71. The third kappa shape index (κ3) is 4.50. The number of rotatable bonds is 9. The van der Waals surface area contributed by atoms with Crippen molar-refractivity contribution in [3.05, 3.63) is 76.0 Å². The summed E-state index contributed by atoms with van der Waals surface area (Å²) >= 11 is 3.12. The highest BCUT2D eigenvalue weighted by Crippen LogP contribution is 2.27. The molecule has 1 N–H and O–H groups in total. The monoisotopic (exact) mass is 478 g/mol. The first-order valence-electron chi connectivity index (χ1n) is 10.5. The fraction of sp³-hybridized carbons (Fsp3) is 0.217. The molecule has 0 unspecified atom stereocenters. The fourth-order valence-corrected chi connectivity index (χ4v) is 5.28. The second-order valence-electron chi connectivity index (χ2n) is 7.36. The van der Waals surface area contributed by atoms with Crippen LogP contribution in [0.3, 0.4) is 0 Å². The molecule has 0 saturated heterocycles. The van der Waals surface area contributed by atoms with Crippen molar-refractivity contribution in [3.63, 3.8) is 0 Å². The van der Waals surface area contributed by atoms with Gasteiger partial charge in [-0.25, -0.2) is 4.98 Å². The van der Waals surface area contributed by atoms with Gasteiger partial charge in [0.1, 0.15) is 0 Å². The van der Waals surface area contributed by atoms with Crippen LogP contribution in [-0.2, 0) is 17.0 Å². The van der Waals surface area contributed by atoms with Gasteiger partial charge >= 0.3 is 0 Å². The summed E-state index contributed by atoms with van der Waals surface area (Å²) in [4.78, 5) is 17.8. The number of anilines is 2. The Morgan fingerprint density at radius 3 is 2.76 bits per heavy atom. The average Bonchev–Trinajstić information content (AvgIpc) is 3.47. The Hall–Kier alpha value is -3.21. The van der Waals surface area contributed by atoms with Crippen molar-refractivity contribution < 1.29 is 4.74 Å². The summed E-state index contributed by atoms with van der Waals surface area (Å²) in [6.07, 6.45) is 0.718. The van der Waals surface area contributed by atoms with Gasteiger partial charge < -0.3 is 10.1 Å². The number of methoxy groups -OCH3 is 1. The largest absolute Gasteiger partial charge is 0.385 e. The van der Waals surface area contributed by atoms with Gasteiger partial charge in [-0.15, -0.1) is 21.5 Å². The van der Waals surface area contributed by atoms with Crippen molar-refractivity contribution in [2.24, 2.45) is 0 Å². The van der Waals surface area contributed by atoms with Crippen molar-refractivity contribution >= 4 is 50.6 Å². The molecule has 0 saturated carbocycles. The van der Waals surface area contributed by atoms with Crippen molar-refractivity contribution in [2.75, 3.05) is 19.0 Å². The Bertz CT molecular complexity index is 1440. The van der Waals surface area contributed by atoms with Gasteiger partial charge in [-0.05, 0) is 30.7 Å². The highest BCUT2D eigenvalue weighted by atomic mass is 32.2. The first-order valence-corrected chi connectivity index (χ1v) is 12.4. The molecule has 0 amide bonds. The van der Waals surface area contributed by atoms with Gasteiger partial charge in [-0.1, -0.05) is 42.1 Å². The van der Waals surface area contributed by atoms with Crippen LogP contribution in [0.25, 0.3) is 16.7 Å². The minimum Gasteiger partial charge on any atom is -0.385 e. The van der Waals surface area contributed by atoms with Crippen LogP contribution in [0.4, 0.5) is 10.8 Å². The Balaban J connectivity index is 1.43. The molecule has 0 spiro atoms. The number of thiazole rings is 1. The molecule has 0 fully saturated rings. The predicted molar refractivity (Wildman–Crippen MR) is 133 cm³/mol. The molecule has 10 heteroatoms. The molecule has 8 nitrogen and oxygen atoms in total. The molecule has 2 aromatic carbocycles. The summed E-state index contributed by atoms with van der Waals surface area (Å²) in [5.74, 6) is 1.19. The lowest BCUT2D eigenvalue weighted by atomic mass is 10.2.